The molecule has 1 fully saturated rings. The fourth-order valence-electron chi connectivity index (χ4n) is 2.31. The van der Waals surface area contributed by atoms with Crippen molar-refractivity contribution < 1.29 is 9.15 Å². The molecule has 2 rings (SSSR count). The molecule has 1 saturated carbocycles. The Kier molecular flexibility index (Phi) is 4.78. The lowest BCUT2D eigenvalue weighted by Crippen LogP contribution is -2.32. The van der Waals surface area contributed by atoms with Gasteiger partial charge in [-0.15, -0.1) is 0 Å². The molecule has 0 amide bonds. The van der Waals surface area contributed by atoms with Gasteiger partial charge in [0.1, 0.15) is 5.76 Å². The minimum absolute atomic E-state index is 0.457. The lowest BCUT2D eigenvalue weighted by molar-refractivity contribution is -0.0252. The molecule has 0 aliphatic heterocycles. The Hall–Kier alpha value is -0.870. The number of rotatable bonds is 7. The van der Waals surface area contributed by atoms with Gasteiger partial charge >= 0.3 is 0 Å². The lowest BCUT2D eigenvalue weighted by Gasteiger charge is -2.34. The van der Waals surface area contributed by atoms with Gasteiger partial charge in [0.2, 0.25) is 5.89 Å². The maximum atomic E-state index is 5.72. The van der Waals surface area contributed by atoms with Crippen LogP contribution in [0, 0.1) is 5.92 Å². The highest BCUT2D eigenvalue weighted by Crippen LogP contribution is 2.32. The first-order valence-corrected chi connectivity index (χ1v) is 6.96. The van der Waals surface area contributed by atoms with Gasteiger partial charge in [-0.3, -0.25) is 0 Å². The van der Waals surface area contributed by atoms with Crippen LogP contribution in [-0.4, -0.2) is 23.7 Å². The second-order valence-electron chi connectivity index (χ2n) is 5.37. The number of ether oxygens (including phenoxy) is 1. The van der Waals surface area contributed by atoms with E-state index in [1.54, 1.807) is 0 Å². The zero-order valence-corrected chi connectivity index (χ0v) is 11.6. The van der Waals surface area contributed by atoms with Crippen molar-refractivity contribution in [2.45, 2.75) is 58.7 Å². The van der Waals surface area contributed by atoms with Crippen molar-refractivity contribution in [2.75, 3.05) is 6.61 Å². The summed E-state index contributed by atoms with van der Waals surface area (Å²) >= 11 is 0. The molecule has 18 heavy (non-hydrogen) atoms. The highest BCUT2D eigenvalue weighted by Gasteiger charge is 2.30. The van der Waals surface area contributed by atoms with Crippen LogP contribution in [0.3, 0.4) is 0 Å². The monoisotopic (exact) mass is 252 g/mol. The fourth-order valence-corrected chi connectivity index (χ4v) is 2.31. The predicted octanol–water partition coefficient (Wildman–Crippen LogP) is 2.53. The van der Waals surface area contributed by atoms with Crippen LogP contribution in [0.25, 0.3) is 0 Å². The molecule has 0 spiro atoms. The Labute approximate surface area is 109 Å². The molecule has 1 N–H and O–H groups in total. The molecule has 0 atom stereocenters. The van der Waals surface area contributed by atoms with Gasteiger partial charge < -0.3 is 14.5 Å². The van der Waals surface area contributed by atoms with Crippen LogP contribution in [0.1, 0.15) is 45.3 Å². The standard InChI is InChI=1S/C14H24N2O2/c1-4-17-12-5-11(6-12)7-13-8-16-14(18-13)9-15-10(2)3/h8,10-12,15H,4-7,9H2,1-3H3. The van der Waals surface area contributed by atoms with E-state index in [-0.39, 0.29) is 0 Å². The Bertz CT molecular complexity index is 356. The fraction of sp³-hybridized carbons (Fsp3) is 0.786. The Morgan fingerprint density at radius 2 is 2.28 bits per heavy atom. The minimum atomic E-state index is 0.457. The SMILES string of the molecule is CCOC1CC(Cc2cnc(CNC(C)C)o2)C1. The number of oxazole rings is 1. The Morgan fingerprint density at radius 1 is 1.50 bits per heavy atom. The van der Waals surface area contributed by atoms with Gasteiger partial charge in [-0.05, 0) is 25.7 Å². The molecule has 1 aliphatic carbocycles. The summed E-state index contributed by atoms with van der Waals surface area (Å²) in [6, 6.07) is 0.457. The van der Waals surface area contributed by atoms with Gasteiger partial charge in [-0.25, -0.2) is 4.98 Å². The van der Waals surface area contributed by atoms with E-state index in [9.17, 15) is 0 Å². The van der Waals surface area contributed by atoms with Crippen LogP contribution in [0.15, 0.2) is 10.6 Å². The van der Waals surface area contributed by atoms with E-state index in [1.807, 2.05) is 6.20 Å². The van der Waals surface area contributed by atoms with E-state index in [0.29, 0.717) is 24.6 Å². The number of nitrogens with zero attached hydrogens (tertiary/aromatic N) is 1. The van der Waals surface area contributed by atoms with Crippen LogP contribution in [0.4, 0.5) is 0 Å². The maximum absolute atomic E-state index is 5.72. The second kappa shape index (κ2) is 6.34. The molecule has 0 saturated heterocycles. The Morgan fingerprint density at radius 3 is 2.94 bits per heavy atom. The van der Waals surface area contributed by atoms with Gasteiger partial charge in [0.15, 0.2) is 0 Å². The van der Waals surface area contributed by atoms with Crippen LogP contribution in [-0.2, 0) is 17.7 Å². The van der Waals surface area contributed by atoms with E-state index in [1.165, 1.54) is 0 Å². The maximum Gasteiger partial charge on any atom is 0.208 e. The normalized spacial score (nSPS) is 23.3. The smallest absolute Gasteiger partial charge is 0.208 e. The number of hydrogen-bond acceptors (Lipinski definition) is 4. The highest BCUT2D eigenvalue weighted by molar-refractivity contribution is 4.98. The van der Waals surface area contributed by atoms with E-state index < -0.39 is 0 Å². The third-order valence-electron chi connectivity index (χ3n) is 3.35. The molecule has 1 heterocycles. The molecule has 1 aromatic rings. The summed E-state index contributed by atoms with van der Waals surface area (Å²) < 4.78 is 11.3. The van der Waals surface area contributed by atoms with Crippen LogP contribution in [0.2, 0.25) is 0 Å². The first-order valence-electron chi connectivity index (χ1n) is 6.96. The zero-order chi connectivity index (χ0) is 13.0. The lowest BCUT2D eigenvalue weighted by atomic mass is 9.79. The molecular weight excluding hydrogens is 228 g/mol. The summed E-state index contributed by atoms with van der Waals surface area (Å²) in [7, 11) is 0. The molecule has 102 valence electrons. The molecule has 0 aromatic carbocycles. The summed E-state index contributed by atoms with van der Waals surface area (Å²) in [6.07, 6.45) is 5.66. The first-order chi connectivity index (χ1) is 8.67. The van der Waals surface area contributed by atoms with E-state index in [2.05, 4.69) is 31.1 Å². The van der Waals surface area contributed by atoms with Crippen molar-refractivity contribution in [3.05, 3.63) is 17.8 Å². The summed E-state index contributed by atoms with van der Waals surface area (Å²) in [5, 5.41) is 3.30. The highest BCUT2D eigenvalue weighted by atomic mass is 16.5. The third kappa shape index (κ3) is 3.82. The molecule has 1 aliphatic rings. The van der Waals surface area contributed by atoms with Crippen molar-refractivity contribution in [2.24, 2.45) is 5.92 Å². The topological polar surface area (TPSA) is 47.3 Å². The van der Waals surface area contributed by atoms with Crippen molar-refractivity contribution in [1.82, 2.24) is 10.3 Å². The van der Waals surface area contributed by atoms with Crippen molar-refractivity contribution in [3.8, 4) is 0 Å². The van der Waals surface area contributed by atoms with E-state index in [0.717, 1.165) is 37.5 Å². The minimum Gasteiger partial charge on any atom is -0.444 e. The van der Waals surface area contributed by atoms with Gasteiger partial charge in [-0.2, -0.15) is 0 Å². The van der Waals surface area contributed by atoms with Crippen LogP contribution < -0.4 is 5.32 Å². The van der Waals surface area contributed by atoms with Gasteiger partial charge in [0.05, 0.1) is 18.8 Å². The number of hydrogen-bond donors (Lipinski definition) is 1. The molecule has 0 radical (unpaired) electrons. The van der Waals surface area contributed by atoms with Crippen molar-refractivity contribution in [1.29, 1.82) is 0 Å². The average Bonchev–Trinajstić information content (AvgIpc) is 2.71. The average molecular weight is 252 g/mol. The Balaban J connectivity index is 1.71. The zero-order valence-electron chi connectivity index (χ0n) is 11.6. The van der Waals surface area contributed by atoms with Gasteiger partial charge in [-0.1, -0.05) is 13.8 Å². The molecule has 1 aromatic heterocycles. The van der Waals surface area contributed by atoms with E-state index in [4.69, 9.17) is 9.15 Å². The molecular formula is C14H24N2O2. The van der Waals surface area contributed by atoms with Gasteiger partial charge in [0.25, 0.3) is 0 Å². The van der Waals surface area contributed by atoms with E-state index >= 15 is 0 Å². The molecule has 0 bridgehead atoms. The summed E-state index contributed by atoms with van der Waals surface area (Å²) in [5.74, 6) is 2.51. The molecule has 4 heteroatoms. The second-order valence-corrected chi connectivity index (χ2v) is 5.37. The predicted molar refractivity (Wildman–Crippen MR) is 70.3 cm³/mol. The molecule has 4 nitrogen and oxygen atoms in total. The largest absolute Gasteiger partial charge is 0.444 e. The third-order valence-corrected chi connectivity index (χ3v) is 3.35. The van der Waals surface area contributed by atoms with Crippen molar-refractivity contribution in [3.63, 3.8) is 0 Å². The van der Waals surface area contributed by atoms with Crippen LogP contribution >= 0.6 is 0 Å². The van der Waals surface area contributed by atoms with Crippen LogP contribution in [0.5, 0.6) is 0 Å². The summed E-state index contributed by atoms with van der Waals surface area (Å²) in [4.78, 5) is 4.29. The van der Waals surface area contributed by atoms with Gasteiger partial charge in [0, 0.05) is 19.1 Å². The van der Waals surface area contributed by atoms with Crippen molar-refractivity contribution >= 4 is 0 Å². The number of nitrogens with one attached hydrogen (secondary N) is 1. The number of aromatic nitrogens is 1. The quantitative estimate of drug-likeness (QED) is 0.810. The molecule has 0 unspecified atom stereocenters. The first kappa shape index (κ1) is 13.6. The summed E-state index contributed by atoms with van der Waals surface area (Å²) in [6.45, 7) is 7.82. The summed E-state index contributed by atoms with van der Waals surface area (Å²) in [5.41, 5.74) is 0.